The lowest BCUT2D eigenvalue weighted by atomic mass is 10.1. The molecule has 1 aromatic heterocycles. The van der Waals surface area contributed by atoms with Crippen molar-refractivity contribution >= 4 is 38.9 Å². The summed E-state index contributed by atoms with van der Waals surface area (Å²) in [6, 6.07) is 10.6. The Morgan fingerprint density at radius 1 is 1.20 bits per heavy atom. The van der Waals surface area contributed by atoms with Gasteiger partial charge in [-0.3, -0.25) is 9.59 Å². The van der Waals surface area contributed by atoms with E-state index in [1.54, 1.807) is 44.6 Å². The maximum Gasteiger partial charge on any atom is 0.230 e. The molecular formula is C18H16N2O4S. The quantitative estimate of drug-likeness (QED) is 0.686. The molecule has 0 aliphatic carbocycles. The first kappa shape index (κ1) is 16.9. The second-order valence-electron chi connectivity index (χ2n) is 5.24. The Balaban J connectivity index is 1.80. The van der Waals surface area contributed by atoms with Crippen molar-refractivity contribution in [1.29, 1.82) is 0 Å². The van der Waals surface area contributed by atoms with Gasteiger partial charge in [0.25, 0.3) is 0 Å². The molecule has 3 aromatic rings. The number of nitrogens with zero attached hydrogens (tertiary/aromatic N) is 1. The van der Waals surface area contributed by atoms with Gasteiger partial charge in [-0.1, -0.05) is 35.6 Å². The first-order valence-electron chi connectivity index (χ1n) is 7.50. The molecule has 6 nitrogen and oxygen atoms in total. The number of amides is 1. The summed E-state index contributed by atoms with van der Waals surface area (Å²) in [5.41, 5.74) is 1.90. The molecule has 0 saturated heterocycles. The van der Waals surface area contributed by atoms with E-state index in [1.165, 1.54) is 11.3 Å². The van der Waals surface area contributed by atoms with E-state index < -0.39 is 0 Å². The lowest BCUT2D eigenvalue weighted by Gasteiger charge is -2.05. The fourth-order valence-corrected chi connectivity index (χ4v) is 3.35. The number of carbonyl (C=O) groups is 2. The summed E-state index contributed by atoms with van der Waals surface area (Å²) in [6.45, 7) is 0. The van der Waals surface area contributed by atoms with Crippen LogP contribution in [-0.2, 0) is 11.2 Å². The average molecular weight is 356 g/mol. The van der Waals surface area contributed by atoms with Crippen LogP contribution < -0.4 is 14.8 Å². The molecule has 0 spiro atoms. The van der Waals surface area contributed by atoms with E-state index in [0.29, 0.717) is 33.3 Å². The van der Waals surface area contributed by atoms with Crippen LogP contribution in [0.2, 0.25) is 0 Å². The predicted molar refractivity (Wildman–Crippen MR) is 96.9 cm³/mol. The van der Waals surface area contributed by atoms with Crippen molar-refractivity contribution < 1.29 is 19.1 Å². The molecule has 25 heavy (non-hydrogen) atoms. The second kappa shape index (κ2) is 7.31. The first-order valence-corrected chi connectivity index (χ1v) is 8.31. The third kappa shape index (κ3) is 3.61. The van der Waals surface area contributed by atoms with Gasteiger partial charge in [0, 0.05) is 17.7 Å². The highest BCUT2D eigenvalue weighted by atomic mass is 32.1. The molecule has 0 fully saturated rings. The fraction of sp³-hybridized carbons (Fsp3) is 0.167. The Labute approximate surface area is 148 Å². The highest BCUT2D eigenvalue weighted by molar-refractivity contribution is 7.22. The van der Waals surface area contributed by atoms with Gasteiger partial charge >= 0.3 is 0 Å². The summed E-state index contributed by atoms with van der Waals surface area (Å²) in [5.74, 6) is 0.960. The number of nitrogens with one attached hydrogen (secondary N) is 1. The van der Waals surface area contributed by atoms with Crippen molar-refractivity contribution in [2.24, 2.45) is 0 Å². The van der Waals surface area contributed by atoms with Crippen LogP contribution in [-0.4, -0.2) is 31.4 Å². The lowest BCUT2D eigenvalue weighted by Crippen LogP contribution is -2.15. The number of thiazole rings is 1. The van der Waals surface area contributed by atoms with Gasteiger partial charge in [-0.2, -0.15) is 0 Å². The van der Waals surface area contributed by atoms with Crippen LogP contribution in [0.1, 0.15) is 15.9 Å². The maximum atomic E-state index is 12.3. The monoisotopic (exact) mass is 356 g/mol. The largest absolute Gasteiger partial charge is 0.493 e. The van der Waals surface area contributed by atoms with Gasteiger partial charge in [0.1, 0.15) is 6.29 Å². The summed E-state index contributed by atoms with van der Waals surface area (Å²) in [6.07, 6.45) is 0.857. The predicted octanol–water partition coefficient (Wildman–Crippen LogP) is 3.31. The van der Waals surface area contributed by atoms with Gasteiger partial charge in [0.05, 0.1) is 30.9 Å². The van der Waals surface area contributed by atoms with E-state index in [9.17, 15) is 9.59 Å². The standard InChI is InChI=1S/C18H16N2O4S/c1-23-14-8-13-16(9-15(14)24-2)25-18(19-13)20-17(22)7-11-5-3-4-6-12(11)10-21/h3-6,8-10H,7H2,1-2H3,(H,19,20,22). The molecule has 0 aliphatic rings. The van der Waals surface area contributed by atoms with Crippen molar-refractivity contribution in [3.63, 3.8) is 0 Å². The molecule has 0 atom stereocenters. The third-order valence-corrected chi connectivity index (χ3v) is 4.61. The lowest BCUT2D eigenvalue weighted by molar-refractivity contribution is -0.115. The average Bonchev–Trinajstić information content (AvgIpc) is 3.01. The summed E-state index contributed by atoms with van der Waals surface area (Å²) in [4.78, 5) is 27.7. The fourth-order valence-electron chi connectivity index (χ4n) is 2.46. The minimum absolute atomic E-state index is 0.109. The summed E-state index contributed by atoms with van der Waals surface area (Å²) in [5, 5.41) is 3.26. The summed E-state index contributed by atoms with van der Waals surface area (Å²) >= 11 is 1.35. The zero-order valence-corrected chi connectivity index (χ0v) is 14.6. The topological polar surface area (TPSA) is 77.5 Å². The second-order valence-corrected chi connectivity index (χ2v) is 6.27. The van der Waals surface area contributed by atoms with Crippen molar-refractivity contribution in [2.45, 2.75) is 6.42 Å². The van der Waals surface area contributed by atoms with E-state index in [0.717, 1.165) is 11.0 Å². The third-order valence-electron chi connectivity index (χ3n) is 3.67. The zero-order valence-electron chi connectivity index (χ0n) is 13.7. The normalized spacial score (nSPS) is 10.5. The van der Waals surface area contributed by atoms with E-state index in [4.69, 9.17) is 9.47 Å². The Bertz CT molecular complexity index is 895. The molecule has 1 heterocycles. The van der Waals surface area contributed by atoms with Crippen molar-refractivity contribution in [1.82, 2.24) is 4.98 Å². The van der Waals surface area contributed by atoms with Crippen LogP contribution in [0.25, 0.3) is 10.2 Å². The number of methoxy groups -OCH3 is 2. The molecule has 1 amide bonds. The maximum absolute atomic E-state index is 12.3. The SMILES string of the molecule is COc1cc2nc(NC(=O)Cc3ccccc3C=O)sc2cc1OC. The summed E-state index contributed by atoms with van der Waals surface area (Å²) < 4.78 is 11.4. The Kier molecular flexibility index (Phi) is 4.95. The van der Waals surface area contributed by atoms with Crippen LogP contribution >= 0.6 is 11.3 Å². The van der Waals surface area contributed by atoms with Crippen molar-refractivity contribution in [3.8, 4) is 11.5 Å². The minimum atomic E-state index is -0.229. The van der Waals surface area contributed by atoms with Gasteiger partial charge in [-0.15, -0.1) is 0 Å². The van der Waals surface area contributed by atoms with Crippen LogP contribution in [0.4, 0.5) is 5.13 Å². The number of hydrogen-bond donors (Lipinski definition) is 1. The number of rotatable bonds is 6. The van der Waals surface area contributed by atoms with Gasteiger partial charge in [0.2, 0.25) is 5.91 Å². The van der Waals surface area contributed by atoms with Gasteiger partial charge in [-0.25, -0.2) is 4.98 Å². The van der Waals surface area contributed by atoms with E-state index in [2.05, 4.69) is 10.3 Å². The Morgan fingerprint density at radius 2 is 1.92 bits per heavy atom. The molecule has 128 valence electrons. The minimum Gasteiger partial charge on any atom is -0.493 e. The smallest absolute Gasteiger partial charge is 0.230 e. The molecular weight excluding hydrogens is 340 g/mol. The van der Waals surface area contributed by atoms with Crippen LogP contribution in [0.5, 0.6) is 11.5 Å². The van der Waals surface area contributed by atoms with Crippen LogP contribution in [0, 0.1) is 0 Å². The molecule has 0 unspecified atom stereocenters. The molecule has 0 bridgehead atoms. The number of benzene rings is 2. The highest BCUT2D eigenvalue weighted by Gasteiger charge is 2.13. The van der Waals surface area contributed by atoms with Crippen LogP contribution in [0.15, 0.2) is 36.4 Å². The number of ether oxygens (including phenoxy) is 2. The van der Waals surface area contributed by atoms with Gasteiger partial charge in [-0.05, 0) is 5.56 Å². The molecule has 0 aliphatic heterocycles. The van der Waals surface area contributed by atoms with E-state index >= 15 is 0 Å². The number of aldehydes is 1. The molecule has 0 radical (unpaired) electrons. The first-order chi connectivity index (χ1) is 12.1. The molecule has 3 rings (SSSR count). The molecule has 1 N–H and O–H groups in total. The van der Waals surface area contributed by atoms with Crippen molar-refractivity contribution in [3.05, 3.63) is 47.5 Å². The number of aromatic nitrogens is 1. The molecule has 2 aromatic carbocycles. The zero-order chi connectivity index (χ0) is 17.8. The number of anilines is 1. The van der Waals surface area contributed by atoms with E-state index in [-0.39, 0.29) is 12.3 Å². The van der Waals surface area contributed by atoms with E-state index in [1.807, 2.05) is 6.07 Å². The Hall–Kier alpha value is -2.93. The Morgan fingerprint density at radius 3 is 2.64 bits per heavy atom. The van der Waals surface area contributed by atoms with Crippen molar-refractivity contribution in [2.75, 3.05) is 19.5 Å². The van der Waals surface area contributed by atoms with Gasteiger partial charge in [0.15, 0.2) is 16.6 Å². The van der Waals surface area contributed by atoms with Crippen LogP contribution in [0.3, 0.4) is 0 Å². The van der Waals surface area contributed by atoms with Gasteiger partial charge < -0.3 is 14.8 Å². The highest BCUT2D eigenvalue weighted by Crippen LogP contribution is 2.36. The molecule has 7 heteroatoms. The molecule has 0 saturated carbocycles. The number of fused-ring (bicyclic) bond motifs is 1. The number of carbonyl (C=O) groups excluding carboxylic acids is 2. The number of hydrogen-bond acceptors (Lipinski definition) is 6. The summed E-state index contributed by atoms with van der Waals surface area (Å²) in [7, 11) is 3.13.